The van der Waals surface area contributed by atoms with E-state index in [2.05, 4.69) is 22.6 Å². The molecule has 2 atom stereocenters. The van der Waals surface area contributed by atoms with Crippen LogP contribution in [0.1, 0.15) is 49.0 Å². The predicted octanol–water partition coefficient (Wildman–Crippen LogP) is 6.05. The number of hydrogen-bond acceptors (Lipinski definition) is 8. The molecule has 0 radical (unpaired) electrons. The third kappa shape index (κ3) is 23.7. The molecule has 2 unspecified atom stereocenters. The van der Waals surface area contributed by atoms with Gasteiger partial charge in [0.25, 0.3) is 0 Å². The standard InChI is InChI=1S/C11H15F5O4.C7H10O3.C4H5F5O.3CH4/c1-7(2)9(18)20-6-8(17)5-19-4-3-10(12,13)11(14,15)16;1-5(2)7(8)10-4-6-3-9-6;5-3(6,1-2-10)4(7,8)9;;;/h8,17H,1,3-6H2,2H3;6H,1,3-4H2,2H3;10H,1-2H2;3*1H4. The summed E-state index contributed by atoms with van der Waals surface area (Å²) in [6.45, 7) is 7.73. The van der Waals surface area contributed by atoms with Crippen LogP contribution in [0.15, 0.2) is 24.3 Å². The zero-order chi connectivity index (χ0) is 31.9. The Morgan fingerprint density at radius 1 is 0.814 bits per heavy atom. The molecule has 1 aliphatic rings. The van der Waals surface area contributed by atoms with E-state index in [9.17, 15) is 58.6 Å². The third-order valence-electron chi connectivity index (χ3n) is 4.03. The fourth-order valence-corrected chi connectivity index (χ4v) is 1.64. The fraction of sp³-hybridized carbons (Fsp3) is 0.760. The molecule has 0 spiro atoms. The second-order valence-corrected chi connectivity index (χ2v) is 8.07. The van der Waals surface area contributed by atoms with Gasteiger partial charge in [0.15, 0.2) is 0 Å². The Hall–Kier alpha value is -2.44. The van der Waals surface area contributed by atoms with Gasteiger partial charge in [0.1, 0.15) is 25.4 Å². The summed E-state index contributed by atoms with van der Waals surface area (Å²) < 4.78 is 136. The molecule has 0 aromatic rings. The van der Waals surface area contributed by atoms with Crippen molar-refractivity contribution < 1.29 is 82.7 Å². The van der Waals surface area contributed by atoms with E-state index in [4.69, 9.17) is 14.6 Å². The van der Waals surface area contributed by atoms with Gasteiger partial charge in [-0.1, -0.05) is 35.4 Å². The molecular formula is C25H42F10O8. The van der Waals surface area contributed by atoms with Crippen LogP contribution in [-0.4, -0.2) is 98.2 Å². The van der Waals surface area contributed by atoms with E-state index >= 15 is 0 Å². The normalized spacial score (nSPS) is 14.8. The number of halogens is 10. The third-order valence-corrected chi connectivity index (χ3v) is 4.03. The summed E-state index contributed by atoms with van der Waals surface area (Å²) in [5, 5.41) is 17.0. The monoisotopic (exact) mass is 660 g/mol. The first-order valence-corrected chi connectivity index (χ1v) is 11.0. The minimum absolute atomic E-state index is 0. The molecular weight excluding hydrogens is 618 g/mol. The number of ether oxygens (including phenoxy) is 4. The second-order valence-electron chi connectivity index (χ2n) is 8.07. The summed E-state index contributed by atoms with van der Waals surface area (Å²) in [6, 6.07) is 0. The Labute approximate surface area is 244 Å². The van der Waals surface area contributed by atoms with Gasteiger partial charge < -0.3 is 29.2 Å². The van der Waals surface area contributed by atoms with Crippen LogP contribution in [-0.2, 0) is 28.5 Å². The first kappa shape index (κ1) is 50.2. The molecule has 0 aliphatic carbocycles. The average molecular weight is 661 g/mol. The molecule has 2 N–H and O–H groups in total. The fourth-order valence-electron chi connectivity index (χ4n) is 1.64. The quantitative estimate of drug-likeness (QED) is 0.0807. The van der Waals surface area contributed by atoms with Crippen LogP contribution in [0.2, 0.25) is 0 Å². The zero-order valence-electron chi connectivity index (χ0n) is 21.3. The van der Waals surface area contributed by atoms with Crippen molar-refractivity contribution in [2.45, 2.75) is 85.4 Å². The van der Waals surface area contributed by atoms with Crippen molar-refractivity contribution in [3.05, 3.63) is 24.3 Å². The minimum Gasteiger partial charge on any atom is -0.460 e. The van der Waals surface area contributed by atoms with Gasteiger partial charge in [-0.05, 0) is 13.8 Å². The summed E-state index contributed by atoms with van der Waals surface area (Å²) in [5.41, 5.74) is 0.531. The number of carbonyl (C=O) groups excluding carboxylic acids is 2. The van der Waals surface area contributed by atoms with Crippen LogP contribution in [0.5, 0.6) is 0 Å². The molecule has 1 heterocycles. The number of rotatable bonds is 13. The molecule has 43 heavy (non-hydrogen) atoms. The maximum Gasteiger partial charge on any atom is 0.453 e. The molecule has 1 saturated heterocycles. The van der Waals surface area contributed by atoms with Crippen LogP contribution >= 0.6 is 0 Å². The molecule has 8 nitrogen and oxygen atoms in total. The molecule has 1 rings (SSSR count). The lowest BCUT2D eigenvalue weighted by molar-refractivity contribution is -0.287. The number of carbonyl (C=O) groups is 2. The SMILES string of the molecule is C.C.C.C=C(C)C(=O)OCC(O)COCCC(F)(F)C(F)(F)F.C=C(C)C(=O)OCC1CO1.OCCC(F)(F)C(F)(F)F. The summed E-state index contributed by atoms with van der Waals surface area (Å²) in [7, 11) is 0. The van der Waals surface area contributed by atoms with Crippen molar-refractivity contribution in [3.63, 3.8) is 0 Å². The highest BCUT2D eigenvalue weighted by Crippen LogP contribution is 2.38. The molecule has 0 aromatic carbocycles. The summed E-state index contributed by atoms with van der Waals surface area (Å²) in [6.07, 6.45) is -15.5. The molecule has 1 aliphatic heterocycles. The molecule has 1 fully saturated rings. The number of aliphatic hydroxyl groups is 2. The molecule has 0 bridgehead atoms. The highest BCUT2D eigenvalue weighted by Gasteiger charge is 2.57. The molecule has 18 heteroatoms. The Balaban J connectivity index is -0.000000178. The zero-order valence-corrected chi connectivity index (χ0v) is 21.3. The number of hydrogen-bond donors (Lipinski definition) is 2. The van der Waals surface area contributed by atoms with E-state index < -0.39 is 75.5 Å². The summed E-state index contributed by atoms with van der Waals surface area (Å²) >= 11 is 0. The predicted molar refractivity (Wildman–Crippen MR) is 137 cm³/mol. The van der Waals surface area contributed by atoms with E-state index in [1.165, 1.54) is 6.92 Å². The molecule has 260 valence electrons. The van der Waals surface area contributed by atoms with Crippen molar-refractivity contribution >= 4 is 11.9 Å². The van der Waals surface area contributed by atoms with Crippen LogP contribution in [0.4, 0.5) is 43.9 Å². The lowest BCUT2D eigenvalue weighted by Crippen LogP contribution is -2.37. The van der Waals surface area contributed by atoms with Gasteiger partial charge in [-0.2, -0.15) is 43.9 Å². The maximum atomic E-state index is 12.5. The van der Waals surface area contributed by atoms with Crippen molar-refractivity contribution in [2.24, 2.45) is 0 Å². The van der Waals surface area contributed by atoms with Gasteiger partial charge in [0.2, 0.25) is 0 Å². The topological polar surface area (TPSA) is 115 Å². The van der Waals surface area contributed by atoms with Crippen LogP contribution < -0.4 is 0 Å². The largest absolute Gasteiger partial charge is 0.460 e. The number of alkyl halides is 10. The maximum absolute atomic E-state index is 12.5. The molecule has 0 saturated carbocycles. The van der Waals surface area contributed by atoms with Gasteiger partial charge in [0, 0.05) is 30.6 Å². The Kier molecular flexibility index (Phi) is 25.8. The molecule has 0 aromatic heterocycles. The highest BCUT2D eigenvalue weighted by molar-refractivity contribution is 5.87. The van der Waals surface area contributed by atoms with E-state index in [-0.39, 0.29) is 39.9 Å². The van der Waals surface area contributed by atoms with Crippen molar-refractivity contribution in [1.29, 1.82) is 0 Å². The van der Waals surface area contributed by atoms with Crippen LogP contribution in [0, 0.1) is 0 Å². The lowest BCUT2D eigenvalue weighted by atomic mass is 10.2. The van der Waals surface area contributed by atoms with E-state index in [1.54, 1.807) is 6.92 Å². The highest BCUT2D eigenvalue weighted by atomic mass is 19.4. The first-order chi connectivity index (χ1) is 18.0. The summed E-state index contributed by atoms with van der Waals surface area (Å²) in [5.74, 6) is -10.7. The van der Waals surface area contributed by atoms with Crippen molar-refractivity contribution in [1.82, 2.24) is 0 Å². The van der Waals surface area contributed by atoms with Crippen LogP contribution in [0.3, 0.4) is 0 Å². The summed E-state index contributed by atoms with van der Waals surface area (Å²) in [4.78, 5) is 21.6. The first-order valence-electron chi connectivity index (χ1n) is 11.0. The van der Waals surface area contributed by atoms with Gasteiger partial charge in [0.05, 0.1) is 19.8 Å². The van der Waals surface area contributed by atoms with Gasteiger partial charge in [-0.15, -0.1) is 0 Å². The molecule has 0 amide bonds. The van der Waals surface area contributed by atoms with E-state index in [1.807, 2.05) is 0 Å². The second kappa shape index (κ2) is 22.1. The smallest absolute Gasteiger partial charge is 0.453 e. The number of epoxide rings is 1. The Morgan fingerprint density at radius 2 is 1.21 bits per heavy atom. The average Bonchev–Trinajstić information content (AvgIpc) is 3.62. The Bertz CT molecular complexity index is 811. The van der Waals surface area contributed by atoms with Gasteiger partial charge >= 0.3 is 36.1 Å². The van der Waals surface area contributed by atoms with Crippen LogP contribution in [0.25, 0.3) is 0 Å². The van der Waals surface area contributed by atoms with E-state index in [0.29, 0.717) is 18.8 Å². The van der Waals surface area contributed by atoms with E-state index in [0.717, 1.165) is 0 Å². The number of aliphatic hydroxyl groups excluding tert-OH is 2. The van der Waals surface area contributed by atoms with Gasteiger partial charge in [-0.25, -0.2) is 9.59 Å². The Morgan fingerprint density at radius 3 is 1.53 bits per heavy atom. The number of esters is 2. The van der Waals surface area contributed by atoms with Gasteiger partial charge in [-0.3, -0.25) is 0 Å². The minimum atomic E-state index is -5.63. The van der Waals surface area contributed by atoms with Crippen molar-refractivity contribution in [2.75, 3.05) is 39.6 Å². The van der Waals surface area contributed by atoms with Crippen molar-refractivity contribution in [3.8, 4) is 0 Å². The lowest BCUT2D eigenvalue weighted by Gasteiger charge is -2.19.